The number of hydrogen-bond acceptors (Lipinski definition) is 9. The molecule has 13 nitrogen and oxygen atoms in total. The lowest BCUT2D eigenvalue weighted by atomic mass is 10.2. The molecule has 1 unspecified atom stereocenters. The zero-order chi connectivity index (χ0) is 28.5. The molecule has 40 heavy (non-hydrogen) atoms. The van der Waals surface area contributed by atoms with E-state index in [9.17, 15) is 18.1 Å². The van der Waals surface area contributed by atoms with Gasteiger partial charge < -0.3 is 20.4 Å². The van der Waals surface area contributed by atoms with Crippen LogP contribution in [0.4, 0.5) is 26.2 Å². The van der Waals surface area contributed by atoms with Gasteiger partial charge in [-0.1, -0.05) is 0 Å². The van der Waals surface area contributed by atoms with E-state index in [2.05, 4.69) is 35.3 Å². The second-order valence-corrected chi connectivity index (χ2v) is 11.5. The number of carbonyl (C=O) groups is 1. The third-order valence-corrected chi connectivity index (χ3v) is 7.29. The summed E-state index contributed by atoms with van der Waals surface area (Å²) in [6.07, 6.45) is 1.17. The van der Waals surface area contributed by atoms with E-state index in [4.69, 9.17) is 9.79 Å². The maximum absolute atomic E-state index is 13.9. The Labute approximate surface area is 230 Å². The number of alkyl halides is 2. The van der Waals surface area contributed by atoms with Gasteiger partial charge in [-0.25, -0.2) is 18.3 Å². The number of carbonyl (C=O) groups excluding carboxylic acids is 1. The largest absolute Gasteiger partial charge is 0.469 e. The summed E-state index contributed by atoms with van der Waals surface area (Å²) in [5.41, 5.74) is 2.03. The van der Waals surface area contributed by atoms with Crippen molar-refractivity contribution >= 4 is 48.6 Å². The lowest BCUT2D eigenvalue weighted by molar-refractivity contribution is -0.117. The minimum atomic E-state index is -4.82. The van der Waals surface area contributed by atoms with Crippen LogP contribution in [0, 0.1) is 6.92 Å². The van der Waals surface area contributed by atoms with Crippen molar-refractivity contribution in [3.63, 3.8) is 0 Å². The van der Waals surface area contributed by atoms with E-state index in [0.29, 0.717) is 28.3 Å². The Morgan fingerprint density at radius 3 is 2.75 bits per heavy atom. The van der Waals surface area contributed by atoms with Crippen LogP contribution >= 0.6 is 19.6 Å². The number of halogens is 2. The lowest BCUT2D eigenvalue weighted by Gasteiger charge is -2.22. The summed E-state index contributed by atoms with van der Waals surface area (Å²) in [6, 6.07) is 11.4. The Balaban J connectivity index is 1.21. The molecule has 1 amide bonds. The van der Waals surface area contributed by atoms with E-state index in [1.165, 1.54) is 11.8 Å². The van der Waals surface area contributed by atoms with Crippen LogP contribution in [0.5, 0.6) is 0 Å². The maximum Gasteiger partial charge on any atom is 0.469 e. The normalized spacial score (nSPS) is 17.4. The predicted octanol–water partition coefficient (Wildman–Crippen LogP) is 3.41. The number of benzene rings is 1. The third-order valence-electron chi connectivity index (χ3n) is 5.93. The van der Waals surface area contributed by atoms with Crippen LogP contribution in [0.25, 0.3) is 5.65 Å². The average Bonchev–Trinajstić information content (AvgIpc) is 3.57. The fourth-order valence-corrected chi connectivity index (χ4v) is 5.35. The molecule has 5 rings (SSSR count). The van der Waals surface area contributed by atoms with Gasteiger partial charge in [0.05, 0.1) is 19.7 Å². The standard InChI is InChI=1S/C23H25F2N8O5PS/c1-14-9-18(31-30-14)27-21-29-22(28-19-3-2-8-33(19)21)40-17-6-4-15(5-7-17)26-20(34)11-32-13-23(24,25)10-16(32)12-38-39(35,36)37/h2-9,16H,10-13H2,1H3,(H,26,34)(H2,35,36,37)(H2,27,28,29,30,31). The van der Waals surface area contributed by atoms with Crippen molar-refractivity contribution in [2.24, 2.45) is 0 Å². The number of nitrogens with one attached hydrogen (secondary N) is 3. The molecule has 1 fully saturated rings. The SMILES string of the molecule is Cc1cc(Nc2nc(Sc3ccc(NC(=O)CN4CC(F)(F)CC4COP(=O)(O)O)cc3)nc3cccn23)n[nH]1. The monoisotopic (exact) mass is 594 g/mol. The Bertz CT molecular complexity index is 1560. The van der Waals surface area contributed by atoms with E-state index in [0.717, 1.165) is 15.5 Å². The Hall–Kier alpha value is -3.40. The number of aryl methyl sites for hydroxylation is 1. The van der Waals surface area contributed by atoms with Gasteiger partial charge in [-0.15, -0.1) is 0 Å². The smallest absolute Gasteiger partial charge is 0.325 e. The molecule has 4 heterocycles. The molecule has 1 aliphatic heterocycles. The molecule has 0 radical (unpaired) electrons. The van der Waals surface area contributed by atoms with Gasteiger partial charge in [0.25, 0.3) is 5.92 Å². The van der Waals surface area contributed by atoms with E-state index >= 15 is 0 Å². The highest BCUT2D eigenvalue weighted by atomic mass is 32.2. The predicted molar refractivity (Wildman–Crippen MR) is 142 cm³/mol. The first-order chi connectivity index (χ1) is 18.9. The number of amides is 1. The Kier molecular flexibility index (Phi) is 7.90. The first kappa shape index (κ1) is 28.1. The fraction of sp³-hybridized carbons (Fsp3) is 0.304. The quantitative estimate of drug-likeness (QED) is 0.171. The number of fused-ring (bicyclic) bond motifs is 1. The number of phosphoric acid groups is 1. The van der Waals surface area contributed by atoms with Gasteiger partial charge in [0.2, 0.25) is 11.9 Å². The number of H-pyrrole nitrogens is 1. The van der Waals surface area contributed by atoms with Gasteiger partial charge >= 0.3 is 7.82 Å². The lowest BCUT2D eigenvalue weighted by Crippen LogP contribution is -2.39. The van der Waals surface area contributed by atoms with Gasteiger partial charge in [0, 0.05) is 41.0 Å². The fourth-order valence-electron chi connectivity index (χ4n) is 4.23. The van der Waals surface area contributed by atoms with Crippen LogP contribution in [-0.4, -0.2) is 76.8 Å². The molecule has 0 bridgehead atoms. The van der Waals surface area contributed by atoms with Crippen LogP contribution in [0.3, 0.4) is 0 Å². The Morgan fingerprint density at radius 2 is 2.05 bits per heavy atom. The zero-order valence-corrected chi connectivity index (χ0v) is 22.7. The minimum absolute atomic E-state index is 0.391. The summed E-state index contributed by atoms with van der Waals surface area (Å²) in [5.74, 6) is -2.50. The second-order valence-electron chi connectivity index (χ2n) is 9.21. The molecule has 1 atom stereocenters. The average molecular weight is 595 g/mol. The van der Waals surface area contributed by atoms with Gasteiger partial charge in [0.15, 0.2) is 11.0 Å². The zero-order valence-electron chi connectivity index (χ0n) is 21.0. The van der Waals surface area contributed by atoms with E-state index < -0.39 is 51.8 Å². The number of rotatable bonds is 10. The van der Waals surface area contributed by atoms with Crippen molar-refractivity contribution in [2.45, 2.75) is 35.4 Å². The molecule has 212 valence electrons. The number of likely N-dealkylation sites (tertiary alicyclic amines) is 1. The molecule has 0 aliphatic carbocycles. The summed E-state index contributed by atoms with van der Waals surface area (Å²) in [4.78, 5) is 41.4. The van der Waals surface area contributed by atoms with Crippen molar-refractivity contribution in [2.75, 3.05) is 30.3 Å². The molecule has 5 N–H and O–H groups in total. The Morgan fingerprint density at radius 1 is 1.27 bits per heavy atom. The van der Waals surface area contributed by atoms with Gasteiger partial charge in [0.1, 0.15) is 5.65 Å². The first-order valence-electron chi connectivity index (χ1n) is 12.0. The van der Waals surface area contributed by atoms with Crippen molar-refractivity contribution in [3.05, 3.63) is 54.4 Å². The second kappa shape index (κ2) is 11.2. The molecule has 0 spiro atoms. The van der Waals surface area contributed by atoms with Crippen molar-refractivity contribution < 1.29 is 32.5 Å². The van der Waals surface area contributed by atoms with E-state index in [-0.39, 0.29) is 0 Å². The summed E-state index contributed by atoms with van der Waals surface area (Å²) >= 11 is 1.31. The number of phosphoric ester groups is 1. The molecule has 1 aliphatic rings. The highest BCUT2D eigenvalue weighted by Crippen LogP contribution is 2.39. The summed E-state index contributed by atoms with van der Waals surface area (Å²) in [7, 11) is -4.82. The molecule has 0 saturated carbocycles. The van der Waals surface area contributed by atoms with Crippen molar-refractivity contribution in [1.82, 2.24) is 29.5 Å². The van der Waals surface area contributed by atoms with E-state index in [1.807, 2.05) is 31.3 Å². The maximum atomic E-state index is 13.9. The number of aromatic amines is 1. The molecule has 17 heteroatoms. The molecule has 1 aromatic carbocycles. The molecule has 1 saturated heterocycles. The van der Waals surface area contributed by atoms with Crippen LogP contribution in [0.15, 0.2) is 58.7 Å². The molecular formula is C23H25F2N8O5PS. The van der Waals surface area contributed by atoms with Crippen LogP contribution in [0.2, 0.25) is 0 Å². The number of hydrogen-bond donors (Lipinski definition) is 5. The topological polar surface area (TPSA) is 170 Å². The van der Waals surface area contributed by atoms with Crippen LogP contribution in [-0.2, 0) is 13.9 Å². The first-order valence-corrected chi connectivity index (χ1v) is 14.3. The highest BCUT2D eigenvalue weighted by Gasteiger charge is 2.46. The summed E-state index contributed by atoms with van der Waals surface area (Å²) in [6.45, 7) is 0.170. The third kappa shape index (κ3) is 7.21. The van der Waals surface area contributed by atoms with Crippen LogP contribution < -0.4 is 10.6 Å². The van der Waals surface area contributed by atoms with Gasteiger partial charge in [-0.3, -0.25) is 23.7 Å². The number of nitrogens with zero attached hydrogens (tertiary/aromatic N) is 5. The van der Waals surface area contributed by atoms with Gasteiger partial charge in [-0.05, 0) is 55.1 Å². The number of aromatic nitrogens is 5. The van der Waals surface area contributed by atoms with Gasteiger partial charge in [-0.2, -0.15) is 10.1 Å². The highest BCUT2D eigenvalue weighted by molar-refractivity contribution is 7.99. The number of anilines is 3. The van der Waals surface area contributed by atoms with E-state index in [1.54, 1.807) is 28.7 Å². The van der Waals surface area contributed by atoms with Crippen molar-refractivity contribution in [1.29, 1.82) is 0 Å². The summed E-state index contributed by atoms with van der Waals surface area (Å²) < 4.78 is 45.0. The molecular weight excluding hydrogens is 569 g/mol. The molecule has 3 aromatic heterocycles. The molecule has 4 aromatic rings. The van der Waals surface area contributed by atoms with Crippen LogP contribution in [0.1, 0.15) is 12.1 Å². The minimum Gasteiger partial charge on any atom is -0.325 e. The van der Waals surface area contributed by atoms with Crippen molar-refractivity contribution in [3.8, 4) is 0 Å². The summed E-state index contributed by atoms with van der Waals surface area (Å²) in [5, 5.41) is 13.4.